The molecule has 0 atom stereocenters. The first-order valence-corrected chi connectivity index (χ1v) is 6.60. The molecule has 0 aliphatic heterocycles. The van der Waals surface area contributed by atoms with Crippen LogP contribution in [0.4, 0.5) is 0 Å². The molecule has 7 nitrogen and oxygen atoms in total. The molecule has 0 amide bonds. The van der Waals surface area contributed by atoms with Gasteiger partial charge in [-0.3, -0.25) is 9.11 Å². The first-order valence-electron chi connectivity index (χ1n) is 5.21. The molecule has 0 spiro atoms. The van der Waals surface area contributed by atoms with Gasteiger partial charge >= 0.3 is 40.0 Å². The molecular weight excluding hydrogens is 323 g/mol. The normalized spacial score (nSPS) is 8.09. The molecule has 1 rings (SSSR count). The van der Waals surface area contributed by atoms with Gasteiger partial charge in [0.05, 0.1) is 12.5 Å². The summed E-state index contributed by atoms with van der Waals surface area (Å²) >= 11 is 0. The van der Waals surface area contributed by atoms with Gasteiger partial charge in [-0.1, -0.05) is 37.4 Å². The average Bonchev–Trinajstić information content (AvgIpc) is 2.32. The Hall–Kier alpha value is -1.13. The second-order valence-electron chi connectivity index (χ2n) is 3.04. The van der Waals surface area contributed by atoms with Gasteiger partial charge in [0.15, 0.2) is 0 Å². The Morgan fingerprint density at radius 3 is 1.77 bits per heavy atom. The van der Waals surface area contributed by atoms with Crippen LogP contribution in [0.25, 0.3) is 0 Å². The molecule has 0 heterocycles. The molecule has 0 fully saturated rings. The second-order valence-corrected chi connectivity index (χ2v) is 3.93. The molecule has 0 aliphatic rings. The number of rotatable bonds is 4. The summed E-state index contributed by atoms with van der Waals surface area (Å²) in [6, 6.07) is 7.27. The fourth-order valence-electron chi connectivity index (χ4n) is 0.907. The fourth-order valence-corrected chi connectivity index (χ4v) is 0.907. The van der Waals surface area contributed by atoms with Gasteiger partial charge in [0.2, 0.25) is 0 Å². The van der Waals surface area contributed by atoms with E-state index in [1.54, 1.807) is 12.1 Å². The number of allylic oxidation sites excluding steroid dienone is 1. The van der Waals surface area contributed by atoms with Gasteiger partial charge in [-0.25, -0.2) is 0 Å². The van der Waals surface area contributed by atoms with Crippen molar-refractivity contribution >= 4 is 40.0 Å². The predicted octanol–water partition coefficient (Wildman–Crippen LogP) is 1.28. The van der Waals surface area contributed by atoms with Crippen LogP contribution in [-0.4, -0.2) is 57.7 Å². The van der Waals surface area contributed by atoms with Gasteiger partial charge in [-0.05, 0) is 18.1 Å². The van der Waals surface area contributed by atoms with Gasteiger partial charge < -0.3 is 15.3 Å². The van der Waals surface area contributed by atoms with Crippen molar-refractivity contribution in [2.24, 2.45) is 0 Å². The summed E-state index contributed by atoms with van der Waals surface area (Å²) in [5, 5.41) is 9.19. The molecule has 0 radical (unpaired) electrons. The van der Waals surface area contributed by atoms with Crippen molar-refractivity contribution in [1.29, 1.82) is 0 Å². The molecule has 0 bridgehead atoms. The van der Waals surface area contributed by atoms with E-state index in [1.165, 1.54) is 12.5 Å². The third-order valence-electron chi connectivity index (χ3n) is 1.55. The Labute approximate surface area is 152 Å². The minimum absolute atomic E-state index is 0. The van der Waals surface area contributed by atoms with Crippen molar-refractivity contribution < 1.29 is 32.8 Å². The molecule has 9 heteroatoms. The van der Waals surface area contributed by atoms with Gasteiger partial charge in [0, 0.05) is 0 Å². The van der Waals surface area contributed by atoms with E-state index in [2.05, 4.69) is 24.5 Å². The summed E-state index contributed by atoms with van der Waals surface area (Å²) in [6.07, 6.45) is 5.13. The molecular formula is C13H21NaO7S. The number of para-hydroxylation sites is 1. The Balaban J connectivity index is -0.000000117. The third-order valence-corrected chi connectivity index (χ3v) is 1.55. The van der Waals surface area contributed by atoms with Crippen molar-refractivity contribution in [2.75, 3.05) is 0 Å². The standard InChI is InChI=1S/C9H10O.C4H6O.Na.H2O4S.H2O.H/c1-2-5-8-6-3-4-7-9(8)10;1-3-5-4-2;;1-5(2,3)4;;/h2-4,6-7,10H,1,5H2;3-4H,1-2H2;;(H2,1,2,3,4);1H2;. The number of hydrogen-bond acceptors (Lipinski definition) is 4. The molecule has 0 saturated carbocycles. The molecule has 0 aromatic heterocycles. The van der Waals surface area contributed by atoms with Crippen LogP contribution >= 0.6 is 0 Å². The first kappa shape index (κ1) is 29.0. The monoisotopic (exact) mass is 344 g/mol. The van der Waals surface area contributed by atoms with Gasteiger partial charge in [0.25, 0.3) is 0 Å². The molecule has 1 aromatic carbocycles. The van der Waals surface area contributed by atoms with E-state index in [0.29, 0.717) is 5.75 Å². The van der Waals surface area contributed by atoms with Crippen LogP contribution in [0.3, 0.4) is 0 Å². The van der Waals surface area contributed by atoms with E-state index < -0.39 is 10.4 Å². The Morgan fingerprint density at radius 1 is 1.09 bits per heavy atom. The Kier molecular flexibility index (Phi) is 23.6. The van der Waals surface area contributed by atoms with E-state index in [-0.39, 0.29) is 35.0 Å². The van der Waals surface area contributed by atoms with Crippen molar-refractivity contribution in [3.05, 3.63) is 68.2 Å². The average molecular weight is 344 g/mol. The van der Waals surface area contributed by atoms with Crippen LogP contribution in [0.1, 0.15) is 5.56 Å². The van der Waals surface area contributed by atoms with Crippen LogP contribution in [0.15, 0.2) is 62.6 Å². The maximum atomic E-state index is 9.19. The van der Waals surface area contributed by atoms with Crippen molar-refractivity contribution in [2.45, 2.75) is 6.42 Å². The molecule has 122 valence electrons. The summed E-state index contributed by atoms with van der Waals surface area (Å²) in [4.78, 5) is 0. The molecule has 1 aromatic rings. The van der Waals surface area contributed by atoms with E-state index in [0.717, 1.165) is 12.0 Å². The number of phenolic OH excluding ortho intramolecular Hbond substituents is 1. The second kappa shape index (κ2) is 17.9. The topological polar surface area (TPSA) is 136 Å². The number of hydrogen-bond donors (Lipinski definition) is 3. The van der Waals surface area contributed by atoms with Crippen LogP contribution in [-0.2, 0) is 21.6 Å². The van der Waals surface area contributed by atoms with E-state index in [4.69, 9.17) is 17.5 Å². The molecule has 0 saturated heterocycles. The number of phenols is 1. The zero-order chi connectivity index (χ0) is 16.0. The van der Waals surface area contributed by atoms with Crippen molar-refractivity contribution in [3.8, 4) is 5.75 Å². The quantitative estimate of drug-likeness (QED) is 0.326. The summed E-state index contributed by atoms with van der Waals surface area (Å²) in [5.41, 5.74) is 0.928. The molecule has 0 aliphatic carbocycles. The van der Waals surface area contributed by atoms with E-state index in [1.807, 2.05) is 18.2 Å². The fraction of sp³-hybridized carbons (Fsp3) is 0.0769. The summed E-state index contributed by atoms with van der Waals surface area (Å²) in [7, 11) is -4.67. The Morgan fingerprint density at radius 2 is 1.50 bits per heavy atom. The van der Waals surface area contributed by atoms with Crippen molar-refractivity contribution in [1.82, 2.24) is 0 Å². The number of aromatic hydroxyl groups is 1. The molecule has 0 unspecified atom stereocenters. The van der Waals surface area contributed by atoms with Crippen LogP contribution in [0.2, 0.25) is 0 Å². The molecule has 5 N–H and O–H groups in total. The molecule has 22 heavy (non-hydrogen) atoms. The third kappa shape index (κ3) is 27.3. The van der Waals surface area contributed by atoms with E-state index >= 15 is 0 Å². The van der Waals surface area contributed by atoms with Crippen LogP contribution in [0.5, 0.6) is 5.75 Å². The summed E-state index contributed by atoms with van der Waals surface area (Å²) in [5.74, 6) is 0.349. The Bertz CT molecular complexity index is 501. The summed E-state index contributed by atoms with van der Waals surface area (Å²) in [6.45, 7) is 10.1. The van der Waals surface area contributed by atoms with Gasteiger partial charge in [0.1, 0.15) is 5.75 Å². The van der Waals surface area contributed by atoms with Gasteiger partial charge in [-0.2, -0.15) is 8.42 Å². The first-order chi connectivity index (χ1) is 9.26. The zero-order valence-corrected chi connectivity index (χ0v) is 12.2. The maximum absolute atomic E-state index is 9.19. The summed E-state index contributed by atoms with van der Waals surface area (Å²) < 4.78 is 35.9. The van der Waals surface area contributed by atoms with E-state index in [9.17, 15) is 5.11 Å². The van der Waals surface area contributed by atoms with Gasteiger partial charge in [-0.15, -0.1) is 6.58 Å². The zero-order valence-electron chi connectivity index (χ0n) is 11.3. The predicted molar refractivity (Wildman–Crippen MR) is 88.4 cm³/mol. The number of ether oxygens (including phenoxy) is 1. The van der Waals surface area contributed by atoms with Crippen molar-refractivity contribution in [3.63, 3.8) is 0 Å². The number of benzene rings is 1. The van der Waals surface area contributed by atoms with Crippen LogP contribution < -0.4 is 0 Å². The SMILES string of the molecule is C=CCc1ccccc1O.C=COC=C.O.O=S(=O)(O)O.[NaH]. The minimum atomic E-state index is -4.67. The van der Waals surface area contributed by atoms with Crippen LogP contribution in [0, 0.1) is 0 Å².